The molecule has 2 rings (SSSR count). The minimum Gasteiger partial charge on any atom is -0.306 e. The molecule has 0 bridgehead atoms. The SMILES string of the molecule is CCC1CCC(c2nccc(CNC(C)(C)C)n2)CC1. The molecule has 0 aliphatic heterocycles. The predicted molar refractivity (Wildman–Crippen MR) is 83.6 cm³/mol. The second-order valence-electron chi connectivity index (χ2n) is 7.14. The van der Waals surface area contributed by atoms with Crippen molar-refractivity contribution in [2.45, 2.75) is 77.8 Å². The van der Waals surface area contributed by atoms with Crippen molar-refractivity contribution in [1.29, 1.82) is 0 Å². The highest BCUT2D eigenvalue weighted by Gasteiger charge is 2.23. The van der Waals surface area contributed by atoms with E-state index in [1.165, 1.54) is 32.1 Å². The van der Waals surface area contributed by atoms with Crippen LogP contribution in [0.1, 0.15) is 77.2 Å². The molecule has 0 saturated heterocycles. The second kappa shape index (κ2) is 6.66. The highest BCUT2D eigenvalue weighted by Crippen LogP contribution is 2.35. The van der Waals surface area contributed by atoms with Crippen LogP contribution in [-0.4, -0.2) is 15.5 Å². The van der Waals surface area contributed by atoms with E-state index in [1.54, 1.807) is 0 Å². The molecule has 1 saturated carbocycles. The van der Waals surface area contributed by atoms with Gasteiger partial charge >= 0.3 is 0 Å². The Morgan fingerprint density at radius 1 is 1.20 bits per heavy atom. The fourth-order valence-corrected chi connectivity index (χ4v) is 2.89. The van der Waals surface area contributed by atoms with Gasteiger partial charge in [-0.25, -0.2) is 9.97 Å². The van der Waals surface area contributed by atoms with Crippen molar-refractivity contribution in [3.63, 3.8) is 0 Å². The van der Waals surface area contributed by atoms with Gasteiger partial charge in [-0.2, -0.15) is 0 Å². The molecule has 0 unspecified atom stereocenters. The van der Waals surface area contributed by atoms with E-state index in [-0.39, 0.29) is 5.54 Å². The molecular weight excluding hydrogens is 246 g/mol. The molecule has 0 spiro atoms. The number of aromatic nitrogens is 2. The van der Waals surface area contributed by atoms with Crippen molar-refractivity contribution in [1.82, 2.24) is 15.3 Å². The lowest BCUT2D eigenvalue weighted by Crippen LogP contribution is -2.35. The molecule has 1 aromatic rings. The van der Waals surface area contributed by atoms with Gasteiger partial charge in [0, 0.05) is 24.2 Å². The first-order chi connectivity index (χ1) is 9.48. The maximum Gasteiger partial charge on any atom is 0.131 e. The standard InChI is InChI=1S/C17H29N3/c1-5-13-6-8-14(9-7-13)16-18-11-10-15(20-16)12-19-17(2,3)4/h10-11,13-14,19H,5-9,12H2,1-4H3. The molecule has 0 amide bonds. The zero-order valence-electron chi connectivity index (χ0n) is 13.4. The maximum atomic E-state index is 4.78. The molecule has 1 fully saturated rings. The Labute approximate surface area is 123 Å². The summed E-state index contributed by atoms with van der Waals surface area (Å²) in [5.41, 5.74) is 1.24. The largest absolute Gasteiger partial charge is 0.306 e. The Morgan fingerprint density at radius 3 is 2.50 bits per heavy atom. The van der Waals surface area contributed by atoms with Gasteiger partial charge in [-0.3, -0.25) is 0 Å². The highest BCUT2D eigenvalue weighted by atomic mass is 15.0. The molecule has 3 heteroatoms. The fraction of sp³-hybridized carbons (Fsp3) is 0.765. The van der Waals surface area contributed by atoms with E-state index in [4.69, 9.17) is 4.98 Å². The fourth-order valence-electron chi connectivity index (χ4n) is 2.89. The molecule has 1 N–H and O–H groups in total. The Hall–Kier alpha value is -0.960. The summed E-state index contributed by atoms with van der Waals surface area (Å²) >= 11 is 0. The summed E-state index contributed by atoms with van der Waals surface area (Å²) in [6.07, 6.45) is 8.45. The van der Waals surface area contributed by atoms with Gasteiger partial charge in [0.15, 0.2) is 0 Å². The minimum absolute atomic E-state index is 0.129. The van der Waals surface area contributed by atoms with Crippen LogP contribution in [0.15, 0.2) is 12.3 Å². The van der Waals surface area contributed by atoms with Crippen LogP contribution in [0, 0.1) is 5.92 Å². The van der Waals surface area contributed by atoms with Gasteiger partial charge in [-0.15, -0.1) is 0 Å². The molecule has 1 heterocycles. The predicted octanol–water partition coefficient (Wildman–Crippen LogP) is 4.05. The molecule has 1 aromatic heterocycles. The Bertz CT molecular complexity index is 414. The van der Waals surface area contributed by atoms with Crippen LogP contribution in [0.3, 0.4) is 0 Å². The quantitative estimate of drug-likeness (QED) is 0.901. The van der Waals surface area contributed by atoms with Gasteiger partial charge in [0.25, 0.3) is 0 Å². The van der Waals surface area contributed by atoms with E-state index in [2.05, 4.69) is 38.0 Å². The van der Waals surface area contributed by atoms with E-state index in [9.17, 15) is 0 Å². The van der Waals surface area contributed by atoms with E-state index < -0.39 is 0 Å². The minimum atomic E-state index is 0.129. The molecule has 20 heavy (non-hydrogen) atoms. The Balaban J connectivity index is 1.96. The van der Waals surface area contributed by atoms with Gasteiger partial charge in [0.2, 0.25) is 0 Å². The number of nitrogens with one attached hydrogen (secondary N) is 1. The van der Waals surface area contributed by atoms with Gasteiger partial charge in [-0.05, 0) is 58.4 Å². The molecule has 1 aliphatic rings. The topological polar surface area (TPSA) is 37.8 Å². The first kappa shape index (κ1) is 15.4. The van der Waals surface area contributed by atoms with Crippen LogP contribution in [0.25, 0.3) is 0 Å². The maximum absolute atomic E-state index is 4.78. The zero-order valence-corrected chi connectivity index (χ0v) is 13.4. The average molecular weight is 275 g/mol. The summed E-state index contributed by atoms with van der Waals surface area (Å²) in [7, 11) is 0. The highest BCUT2D eigenvalue weighted by molar-refractivity contribution is 5.07. The lowest BCUT2D eigenvalue weighted by atomic mass is 9.80. The summed E-state index contributed by atoms with van der Waals surface area (Å²) in [4.78, 5) is 9.30. The molecule has 0 atom stereocenters. The van der Waals surface area contributed by atoms with Crippen LogP contribution in [0.5, 0.6) is 0 Å². The van der Waals surface area contributed by atoms with Crippen LogP contribution < -0.4 is 5.32 Å². The van der Waals surface area contributed by atoms with Crippen LogP contribution >= 0.6 is 0 Å². The summed E-state index contributed by atoms with van der Waals surface area (Å²) in [6, 6.07) is 2.03. The van der Waals surface area contributed by atoms with Crippen LogP contribution in [-0.2, 0) is 6.54 Å². The molecule has 112 valence electrons. The lowest BCUT2D eigenvalue weighted by molar-refractivity contribution is 0.311. The molecular formula is C17H29N3. The lowest BCUT2D eigenvalue weighted by Gasteiger charge is -2.27. The van der Waals surface area contributed by atoms with Crippen molar-refractivity contribution in [2.75, 3.05) is 0 Å². The van der Waals surface area contributed by atoms with Crippen molar-refractivity contribution >= 4 is 0 Å². The van der Waals surface area contributed by atoms with Crippen molar-refractivity contribution < 1.29 is 0 Å². The second-order valence-corrected chi connectivity index (χ2v) is 7.14. The van der Waals surface area contributed by atoms with Gasteiger partial charge in [0.1, 0.15) is 5.82 Å². The molecule has 0 radical (unpaired) electrons. The Kier molecular flexibility index (Phi) is 5.14. The summed E-state index contributed by atoms with van der Waals surface area (Å²) in [6.45, 7) is 9.67. The van der Waals surface area contributed by atoms with Crippen molar-refractivity contribution in [3.8, 4) is 0 Å². The van der Waals surface area contributed by atoms with Crippen LogP contribution in [0.2, 0.25) is 0 Å². The molecule has 0 aromatic carbocycles. The first-order valence-corrected chi connectivity index (χ1v) is 8.05. The summed E-state index contributed by atoms with van der Waals surface area (Å²) < 4.78 is 0. The third-order valence-corrected chi connectivity index (χ3v) is 4.32. The molecule has 1 aliphatic carbocycles. The normalized spacial score (nSPS) is 23.8. The van der Waals surface area contributed by atoms with Gasteiger partial charge < -0.3 is 5.32 Å². The number of hydrogen-bond donors (Lipinski definition) is 1. The van der Waals surface area contributed by atoms with Crippen molar-refractivity contribution in [2.24, 2.45) is 5.92 Å². The van der Waals surface area contributed by atoms with Gasteiger partial charge in [0.05, 0.1) is 5.69 Å². The van der Waals surface area contributed by atoms with Crippen LogP contribution in [0.4, 0.5) is 0 Å². The van der Waals surface area contributed by atoms with E-state index >= 15 is 0 Å². The first-order valence-electron chi connectivity index (χ1n) is 8.05. The van der Waals surface area contributed by atoms with E-state index in [0.29, 0.717) is 5.92 Å². The summed E-state index contributed by atoms with van der Waals surface area (Å²) in [5, 5.41) is 3.49. The number of hydrogen-bond acceptors (Lipinski definition) is 3. The average Bonchev–Trinajstić information content (AvgIpc) is 2.45. The molecule has 3 nitrogen and oxygen atoms in total. The zero-order chi connectivity index (χ0) is 14.6. The van der Waals surface area contributed by atoms with Gasteiger partial charge in [-0.1, -0.05) is 13.3 Å². The summed E-state index contributed by atoms with van der Waals surface area (Å²) in [5.74, 6) is 2.57. The Morgan fingerprint density at radius 2 is 1.90 bits per heavy atom. The van der Waals surface area contributed by atoms with Crippen molar-refractivity contribution in [3.05, 3.63) is 23.8 Å². The van der Waals surface area contributed by atoms with E-state index in [1.807, 2.05) is 12.3 Å². The smallest absolute Gasteiger partial charge is 0.131 e. The third-order valence-electron chi connectivity index (χ3n) is 4.32. The monoisotopic (exact) mass is 275 g/mol. The number of nitrogens with zero attached hydrogens (tertiary/aromatic N) is 2. The third kappa shape index (κ3) is 4.55. The number of rotatable bonds is 4. The van der Waals surface area contributed by atoms with E-state index in [0.717, 1.165) is 24.0 Å².